The highest BCUT2D eigenvalue weighted by atomic mass is 79.9. The van der Waals surface area contributed by atoms with E-state index >= 15 is 0 Å². The van der Waals surface area contributed by atoms with E-state index in [1.54, 1.807) is 0 Å². The Morgan fingerprint density at radius 2 is 1.89 bits per heavy atom. The monoisotopic (exact) mass is 316 g/mol. The van der Waals surface area contributed by atoms with Crippen molar-refractivity contribution in [3.63, 3.8) is 0 Å². The van der Waals surface area contributed by atoms with Gasteiger partial charge in [0.05, 0.1) is 0 Å². The maximum Gasteiger partial charge on any atom is 0.0432 e. The van der Waals surface area contributed by atoms with Gasteiger partial charge in [-0.15, -0.1) is 0 Å². The highest BCUT2D eigenvalue weighted by Crippen LogP contribution is 2.28. The van der Waals surface area contributed by atoms with E-state index in [1.807, 2.05) is 0 Å². The van der Waals surface area contributed by atoms with Gasteiger partial charge in [-0.1, -0.05) is 46.3 Å². The summed E-state index contributed by atoms with van der Waals surface area (Å²) in [5.74, 6) is 0. The van der Waals surface area contributed by atoms with Gasteiger partial charge < -0.3 is 10.6 Å². The average Bonchev–Trinajstić information content (AvgIpc) is 2.46. The Labute approximate surface area is 122 Å². The summed E-state index contributed by atoms with van der Waals surface area (Å²) >= 11 is 3.60. The van der Waals surface area contributed by atoms with Crippen LogP contribution >= 0.6 is 15.9 Å². The number of anilines is 1. The number of hydrogen-bond acceptors (Lipinski definition) is 2. The Morgan fingerprint density at radius 1 is 1.11 bits per heavy atom. The number of nitrogens with zero attached hydrogens (tertiary/aromatic N) is 1. The highest BCUT2D eigenvalue weighted by molar-refractivity contribution is 9.10. The van der Waals surface area contributed by atoms with Gasteiger partial charge in [0.2, 0.25) is 0 Å². The first-order valence-electron chi connectivity index (χ1n) is 6.58. The molecule has 0 radical (unpaired) electrons. The lowest BCUT2D eigenvalue weighted by Crippen LogP contribution is -2.30. The van der Waals surface area contributed by atoms with Gasteiger partial charge in [0.15, 0.2) is 0 Å². The fourth-order valence-electron chi connectivity index (χ4n) is 2.61. The van der Waals surface area contributed by atoms with Gasteiger partial charge in [0.25, 0.3) is 0 Å². The van der Waals surface area contributed by atoms with Gasteiger partial charge >= 0.3 is 0 Å². The second-order valence-electron chi connectivity index (χ2n) is 4.92. The molecule has 1 heterocycles. The topological polar surface area (TPSA) is 29.3 Å². The minimum atomic E-state index is 0.573. The predicted molar refractivity (Wildman–Crippen MR) is 83.2 cm³/mol. The zero-order valence-corrected chi connectivity index (χ0v) is 12.4. The van der Waals surface area contributed by atoms with Gasteiger partial charge in [-0.05, 0) is 35.2 Å². The zero-order chi connectivity index (χ0) is 13.2. The van der Waals surface area contributed by atoms with Gasteiger partial charge in [-0.3, -0.25) is 0 Å². The molecule has 1 aliphatic rings. The largest absolute Gasteiger partial charge is 0.367 e. The molecule has 2 N–H and O–H groups in total. The summed E-state index contributed by atoms with van der Waals surface area (Å²) in [5.41, 5.74) is 11.0. The second kappa shape index (κ2) is 5.35. The second-order valence-corrected chi connectivity index (χ2v) is 5.77. The van der Waals surface area contributed by atoms with E-state index in [4.69, 9.17) is 5.73 Å². The Bertz CT molecular complexity index is 595. The van der Waals surface area contributed by atoms with Crippen LogP contribution in [0.15, 0.2) is 46.9 Å². The smallest absolute Gasteiger partial charge is 0.0432 e. The molecule has 2 nitrogen and oxygen atoms in total. The molecule has 2 aromatic rings. The van der Waals surface area contributed by atoms with E-state index in [-0.39, 0.29) is 0 Å². The standard InChI is InChI=1S/C16H17BrN2/c17-16-9-15(6-5-13(16)10-18)19-8-7-12-3-1-2-4-14(12)11-19/h1-6,9H,7-8,10-11,18H2. The molecule has 0 atom stereocenters. The summed E-state index contributed by atoms with van der Waals surface area (Å²) in [5, 5.41) is 0. The van der Waals surface area contributed by atoms with E-state index in [2.05, 4.69) is 63.3 Å². The maximum absolute atomic E-state index is 5.70. The van der Waals surface area contributed by atoms with Crippen LogP contribution in [-0.4, -0.2) is 6.54 Å². The van der Waals surface area contributed by atoms with E-state index in [0.717, 1.165) is 29.5 Å². The number of halogens is 1. The molecular weight excluding hydrogens is 300 g/mol. The summed E-state index contributed by atoms with van der Waals surface area (Å²) in [4.78, 5) is 2.42. The molecule has 0 amide bonds. The van der Waals surface area contributed by atoms with Gasteiger partial charge in [-0.2, -0.15) is 0 Å². The zero-order valence-electron chi connectivity index (χ0n) is 10.8. The fraction of sp³-hybridized carbons (Fsp3) is 0.250. The van der Waals surface area contributed by atoms with Crippen molar-refractivity contribution < 1.29 is 0 Å². The molecule has 0 fully saturated rings. The molecule has 3 heteroatoms. The molecule has 0 saturated heterocycles. The van der Waals surface area contributed by atoms with Crippen molar-refractivity contribution in [2.24, 2.45) is 5.73 Å². The molecule has 0 saturated carbocycles. The molecular formula is C16H17BrN2. The van der Waals surface area contributed by atoms with E-state index < -0.39 is 0 Å². The third kappa shape index (κ3) is 2.53. The lowest BCUT2D eigenvalue weighted by Gasteiger charge is -2.31. The van der Waals surface area contributed by atoms with Crippen molar-refractivity contribution in [1.29, 1.82) is 0 Å². The van der Waals surface area contributed by atoms with E-state index in [9.17, 15) is 0 Å². The third-order valence-corrected chi connectivity index (χ3v) is 4.49. The van der Waals surface area contributed by atoms with E-state index in [0.29, 0.717) is 6.54 Å². The number of fused-ring (bicyclic) bond motifs is 1. The van der Waals surface area contributed by atoms with Crippen molar-refractivity contribution in [2.45, 2.75) is 19.5 Å². The molecule has 98 valence electrons. The van der Waals surface area contributed by atoms with Crippen LogP contribution in [0.2, 0.25) is 0 Å². The highest BCUT2D eigenvalue weighted by Gasteiger charge is 2.16. The van der Waals surface area contributed by atoms with Crippen LogP contribution in [0.25, 0.3) is 0 Å². The molecule has 0 aliphatic carbocycles. The number of benzene rings is 2. The molecule has 0 bridgehead atoms. The lowest BCUT2D eigenvalue weighted by molar-refractivity contribution is 0.731. The van der Waals surface area contributed by atoms with Gasteiger partial charge in [0.1, 0.15) is 0 Å². The first kappa shape index (κ1) is 12.7. The molecule has 2 aromatic carbocycles. The summed E-state index contributed by atoms with van der Waals surface area (Å²) in [6.45, 7) is 2.64. The Kier molecular flexibility index (Phi) is 3.58. The molecule has 19 heavy (non-hydrogen) atoms. The number of nitrogens with two attached hydrogens (primary N) is 1. The first-order valence-corrected chi connectivity index (χ1v) is 7.37. The maximum atomic E-state index is 5.70. The fourth-order valence-corrected chi connectivity index (χ4v) is 3.14. The SMILES string of the molecule is NCc1ccc(N2CCc3ccccc3C2)cc1Br. The minimum Gasteiger partial charge on any atom is -0.367 e. The third-order valence-electron chi connectivity index (χ3n) is 3.75. The summed E-state index contributed by atoms with van der Waals surface area (Å²) < 4.78 is 1.10. The minimum absolute atomic E-state index is 0.573. The van der Waals surface area contributed by atoms with E-state index in [1.165, 1.54) is 16.8 Å². The van der Waals surface area contributed by atoms with Crippen LogP contribution in [-0.2, 0) is 19.5 Å². The molecule has 0 aromatic heterocycles. The van der Waals surface area contributed by atoms with Gasteiger partial charge in [0, 0.05) is 29.8 Å². The lowest BCUT2D eigenvalue weighted by atomic mass is 9.99. The number of rotatable bonds is 2. The van der Waals surface area contributed by atoms with Crippen molar-refractivity contribution in [1.82, 2.24) is 0 Å². The molecule has 0 spiro atoms. The quantitative estimate of drug-likeness (QED) is 0.919. The average molecular weight is 317 g/mol. The van der Waals surface area contributed by atoms with Crippen LogP contribution in [0, 0.1) is 0 Å². The predicted octanol–water partition coefficient (Wildman–Crippen LogP) is 3.47. The summed E-state index contributed by atoms with van der Waals surface area (Å²) in [6, 6.07) is 15.2. The molecule has 3 rings (SSSR count). The summed E-state index contributed by atoms with van der Waals surface area (Å²) in [7, 11) is 0. The molecule has 0 unspecified atom stereocenters. The van der Waals surface area contributed by atoms with Gasteiger partial charge in [-0.25, -0.2) is 0 Å². The van der Waals surface area contributed by atoms with Crippen molar-refractivity contribution >= 4 is 21.6 Å². The molecule has 1 aliphatic heterocycles. The van der Waals surface area contributed by atoms with Crippen LogP contribution in [0.1, 0.15) is 16.7 Å². The Balaban J connectivity index is 1.87. The van der Waals surface area contributed by atoms with Crippen LogP contribution in [0.5, 0.6) is 0 Å². The van der Waals surface area contributed by atoms with Crippen LogP contribution < -0.4 is 10.6 Å². The number of hydrogen-bond donors (Lipinski definition) is 1. The van der Waals surface area contributed by atoms with Crippen molar-refractivity contribution in [3.05, 3.63) is 63.6 Å². The normalized spacial score (nSPS) is 14.3. The van der Waals surface area contributed by atoms with Crippen LogP contribution in [0.4, 0.5) is 5.69 Å². The summed E-state index contributed by atoms with van der Waals surface area (Å²) in [6.07, 6.45) is 1.12. The van der Waals surface area contributed by atoms with Crippen molar-refractivity contribution in [3.8, 4) is 0 Å². The van der Waals surface area contributed by atoms with Crippen molar-refractivity contribution in [2.75, 3.05) is 11.4 Å². The van der Waals surface area contributed by atoms with Crippen LogP contribution in [0.3, 0.4) is 0 Å². The Hall–Kier alpha value is -1.32. The first-order chi connectivity index (χ1) is 9.28. The Morgan fingerprint density at radius 3 is 2.63 bits per heavy atom.